The van der Waals surface area contributed by atoms with Crippen LogP contribution in [0.25, 0.3) is 0 Å². The number of aliphatic hydroxyl groups excluding tert-OH is 1. The summed E-state index contributed by atoms with van der Waals surface area (Å²) in [6.07, 6.45) is 24.9. The Morgan fingerprint density at radius 3 is 2.41 bits per heavy atom. The average Bonchev–Trinajstić information content (AvgIpc) is 3.03. The molecule has 4 aliphatic rings. The average molecular weight is 469 g/mol. The van der Waals surface area contributed by atoms with E-state index in [0.717, 1.165) is 42.4 Å². The van der Waals surface area contributed by atoms with Crippen molar-refractivity contribution in [1.82, 2.24) is 0 Å². The lowest BCUT2D eigenvalue weighted by Gasteiger charge is -2.53. The fourth-order valence-corrected chi connectivity index (χ4v) is 8.98. The van der Waals surface area contributed by atoms with Crippen molar-refractivity contribution in [1.29, 1.82) is 0 Å². The first-order valence-corrected chi connectivity index (χ1v) is 15.2. The minimum atomic E-state index is -0.0960. The van der Waals surface area contributed by atoms with Gasteiger partial charge in [-0.05, 0) is 116 Å². The zero-order chi connectivity index (χ0) is 24.5. The Labute approximate surface area is 212 Å². The molecule has 0 aromatic carbocycles. The zero-order valence-corrected chi connectivity index (χ0v) is 23.5. The summed E-state index contributed by atoms with van der Waals surface area (Å²) in [6.45, 7) is 14.9. The quantitative estimate of drug-likeness (QED) is 0.407. The molecule has 0 heterocycles. The maximum absolute atomic E-state index is 10.5. The van der Waals surface area contributed by atoms with E-state index >= 15 is 0 Å². The summed E-state index contributed by atoms with van der Waals surface area (Å²) in [5.41, 5.74) is 2.48. The Bertz CT molecular complexity index is 733. The third-order valence-electron chi connectivity index (χ3n) is 11.7. The van der Waals surface area contributed by atoms with Gasteiger partial charge in [-0.3, -0.25) is 0 Å². The van der Waals surface area contributed by atoms with E-state index in [1.807, 2.05) is 0 Å². The van der Waals surface area contributed by atoms with Crippen LogP contribution in [0.5, 0.6) is 0 Å². The molecule has 1 N–H and O–H groups in total. The summed E-state index contributed by atoms with van der Waals surface area (Å²) in [5, 5.41) is 10.5. The van der Waals surface area contributed by atoms with Crippen LogP contribution in [0.2, 0.25) is 0 Å². The summed E-state index contributed by atoms with van der Waals surface area (Å²) >= 11 is 0. The molecule has 4 rings (SSSR count). The molecular formula is C33H56O. The molecule has 0 unspecified atom stereocenters. The lowest BCUT2D eigenvalue weighted by Crippen LogP contribution is -2.45. The molecule has 0 radical (unpaired) electrons. The fourth-order valence-electron chi connectivity index (χ4n) is 8.98. The van der Waals surface area contributed by atoms with Gasteiger partial charge < -0.3 is 5.11 Å². The molecule has 0 saturated heterocycles. The number of hydrogen-bond donors (Lipinski definition) is 1. The topological polar surface area (TPSA) is 20.2 Å². The zero-order valence-electron chi connectivity index (χ0n) is 23.5. The van der Waals surface area contributed by atoms with Crippen molar-refractivity contribution in [3.05, 3.63) is 23.8 Å². The summed E-state index contributed by atoms with van der Waals surface area (Å²) in [7, 11) is 0. The third-order valence-corrected chi connectivity index (χ3v) is 11.7. The van der Waals surface area contributed by atoms with Crippen LogP contribution in [0.4, 0.5) is 0 Å². The van der Waals surface area contributed by atoms with Crippen LogP contribution in [0.1, 0.15) is 125 Å². The molecular weight excluding hydrogens is 412 g/mol. The monoisotopic (exact) mass is 468 g/mol. The van der Waals surface area contributed by atoms with Crippen molar-refractivity contribution >= 4 is 0 Å². The van der Waals surface area contributed by atoms with Crippen LogP contribution in [-0.2, 0) is 0 Å². The molecule has 4 aliphatic carbocycles. The molecule has 9 atom stereocenters. The molecule has 0 bridgehead atoms. The summed E-state index contributed by atoms with van der Waals surface area (Å²) < 4.78 is 0. The Morgan fingerprint density at radius 1 is 0.882 bits per heavy atom. The standard InChI is InChI=1S/C33H56O/c1-23(2)24(3)16-17-25(4)26-11-9-15-30-29-13-10-12-27-21-28(34)18-20-33(27,6)31(29)14-7-8-19-32(30,5)22-26/h12,16-17,23-26,28-31,34H,7-11,13-15,18-22H2,1-6H3/b17-16+/t24-,25+,26-,28-,29-,30-,31-,32+,33-/m0/s1. The minimum absolute atomic E-state index is 0.0960. The Morgan fingerprint density at radius 2 is 1.65 bits per heavy atom. The molecule has 3 saturated carbocycles. The first kappa shape index (κ1) is 26.5. The van der Waals surface area contributed by atoms with Gasteiger partial charge >= 0.3 is 0 Å². The van der Waals surface area contributed by atoms with Gasteiger partial charge in [0.05, 0.1) is 6.10 Å². The van der Waals surface area contributed by atoms with Gasteiger partial charge in [-0.2, -0.15) is 0 Å². The minimum Gasteiger partial charge on any atom is -0.393 e. The van der Waals surface area contributed by atoms with Crippen molar-refractivity contribution in [2.24, 2.45) is 52.3 Å². The van der Waals surface area contributed by atoms with Crippen molar-refractivity contribution in [3.8, 4) is 0 Å². The van der Waals surface area contributed by atoms with Crippen molar-refractivity contribution in [3.63, 3.8) is 0 Å². The number of rotatable bonds is 4. The molecule has 0 aromatic heterocycles. The van der Waals surface area contributed by atoms with Gasteiger partial charge in [0.15, 0.2) is 0 Å². The number of aliphatic hydroxyl groups is 1. The van der Waals surface area contributed by atoms with E-state index in [9.17, 15) is 5.11 Å². The molecule has 1 nitrogen and oxygen atoms in total. The molecule has 1 heteroatoms. The normalized spacial score (nSPS) is 43.4. The summed E-state index contributed by atoms with van der Waals surface area (Å²) in [4.78, 5) is 0. The Kier molecular flexibility index (Phi) is 8.43. The number of hydrogen-bond acceptors (Lipinski definition) is 1. The van der Waals surface area contributed by atoms with Crippen LogP contribution in [0.15, 0.2) is 23.8 Å². The molecule has 3 fully saturated rings. The van der Waals surface area contributed by atoms with Gasteiger partial charge in [-0.25, -0.2) is 0 Å². The van der Waals surface area contributed by atoms with Crippen LogP contribution < -0.4 is 0 Å². The van der Waals surface area contributed by atoms with Gasteiger partial charge in [0.2, 0.25) is 0 Å². The second-order valence-corrected chi connectivity index (χ2v) is 14.1. The number of allylic oxidation sites excluding steroid dienone is 3. The maximum Gasteiger partial charge on any atom is 0.0577 e. The van der Waals surface area contributed by atoms with Gasteiger partial charge in [0.25, 0.3) is 0 Å². The highest BCUT2D eigenvalue weighted by atomic mass is 16.3. The highest BCUT2D eigenvalue weighted by Gasteiger charge is 2.51. The fraction of sp³-hybridized carbons (Fsp3) is 0.879. The smallest absolute Gasteiger partial charge is 0.0577 e. The molecule has 0 aliphatic heterocycles. The molecule has 0 amide bonds. The maximum atomic E-state index is 10.5. The second-order valence-electron chi connectivity index (χ2n) is 14.1. The van der Waals surface area contributed by atoms with Gasteiger partial charge in [0, 0.05) is 0 Å². The Hall–Kier alpha value is -0.560. The highest BCUT2D eigenvalue weighted by molar-refractivity contribution is 5.22. The van der Waals surface area contributed by atoms with Crippen molar-refractivity contribution in [2.75, 3.05) is 0 Å². The number of fused-ring (bicyclic) bond motifs is 5. The van der Waals surface area contributed by atoms with Gasteiger partial charge in [-0.1, -0.05) is 84.6 Å². The lowest BCUT2D eigenvalue weighted by molar-refractivity contribution is -0.0185. The molecule has 194 valence electrons. The predicted octanol–water partition coefficient (Wildman–Crippen LogP) is 9.36. The van der Waals surface area contributed by atoms with Crippen molar-refractivity contribution in [2.45, 2.75) is 131 Å². The van der Waals surface area contributed by atoms with Gasteiger partial charge in [-0.15, -0.1) is 0 Å². The van der Waals surface area contributed by atoms with E-state index in [1.165, 1.54) is 70.6 Å². The van der Waals surface area contributed by atoms with E-state index in [1.54, 1.807) is 5.57 Å². The van der Waals surface area contributed by atoms with Crippen LogP contribution >= 0.6 is 0 Å². The largest absolute Gasteiger partial charge is 0.393 e. The molecule has 0 aromatic rings. The Balaban J connectivity index is 1.57. The van der Waals surface area contributed by atoms with Crippen molar-refractivity contribution < 1.29 is 5.11 Å². The molecule has 0 spiro atoms. The van der Waals surface area contributed by atoms with E-state index in [0.29, 0.717) is 22.7 Å². The predicted molar refractivity (Wildman–Crippen MR) is 147 cm³/mol. The lowest BCUT2D eigenvalue weighted by atomic mass is 9.52. The van der Waals surface area contributed by atoms with Crippen LogP contribution in [-0.4, -0.2) is 11.2 Å². The van der Waals surface area contributed by atoms with E-state index in [-0.39, 0.29) is 6.10 Å². The van der Waals surface area contributed by atoms with E-state index in [4.69, 9.17) is 0 Å². The third kappa shape index (κ3) is 5.40. The van der Waals surface area contributed by atoms with E-state index < -0.39 is 0 Å². The first-order chi connectivity index (χ1) is 16.1. The summed E-state index contributed by atoms with van der Waals surface area (Å²) in [6, 6.07) is 0. The van der Waals surface area contributed by atoms with Gasteiger partial charge in [0.1, 0.15) is 0 Å². The first-order valence-electron chi connectivity index (χ1n) is 15.2. The second kappa shape index (κ2) is 10.8. The van der Waals surface area contributed by atoms with Crippen LogP contribution in [0, 0.1) is 52.3 Å². The van der Waals surface area contributed by atoms with Crippen LogP contribution in [0.3, 0.4) is 0 Å². The summed E-state index contributed by atoms with van der Waals surface area (Å²) in [5.74, 6) is 5.58. The van der Waals surface area contributed by atoms with E-state index in [2.05, 4.69) is 59.8 Å². The SMILES string of the molecule is CC(C)[C@@H](C)/C=C/[C@@H](C)[C@H]1CCC[C@H]2[C@@H]3CCC=C4C[C@@H](O)CC[C@]4(C)[C@H]3CCCC[C@]2(C)C1. The molecule has 34 heavy (non-hydrogen) atoms. The highest BCUT2D eigenvalue weighted by Crippen LogP contribution is 2.61.